The number of aromatic amines is 1. The number of benzene rings is 1. The third-order valence-corrected chi connectivity index (χ3v) is 6.39. The first-order chi connectivity index (χ1) is 14.1. The molecule has 1 N–H and O–H groups in total. The number of para-hydroxylation sites is 2. The summed E-state index contributed by atoms with van der Waals surface area (Å²) in [6.45, 7) is 1.84. The van der Waals surface area contributed by atoms with Crippen LogP contribution in [-0.4, -0.2) is 38.1 Å². The third kappa shape index (κ3) is 6.12. The first-order valence-electron chi connectivity index (χ1n) is 8.81. The second-order valence-corrected chi connectivity index (χ2v) is 9.05. The molecule has 0 amide bonds. The zero-order valence-electron chi connectivity index (χ0n) is 15.9. The lowest BCUT2D eigenvalue weighted by molar-refractivity contribution is 0.216. The van der Waals surface area contributed by atoms with Crippen LogP contribution in [0.25, 0.3) is 22.6 Å². The highest BCUT2D eigenvalue weighted by molar-refractivity contribution is 8.07. The zero-order valence-corrected chi connectivity index (χ0v) is 18.4. The van der Waals surface area contributed by atoms with Crippen molar-refractivity contribution >= 4 is 40.9 Å². The van der Waals surface area contributed by atoms with Gasteiger partial charge in [0, 0.05) is 29.6 Å². The fourth-order valence-corrected chi connectivity index (χ4v) is 4.79. The van der Waals surface area contributed by atoms with E-state index >= 15 is 0 Å². The van der Waals surface area contributed by atoms with Crippen LogP contribution in [0.2, 0.25) is 0 Å². The van der Waals surface area contributed by atoms with Crippen molar-refractivity contribution < 1.29 is 13.6 Å². The van der Waals surface area contributed by atoms with Crippen LogP contribution in [0.15, 0.2) is 53.7 Å². The van der Waals surface area contributed by atoms with Crippen LogP contribution in [0.5, 0.6) is 5.88 Å². The molecule has 4 rings (SSSR count). The van der Waals surface area contributed by atoms with Gasteiger partial charge in [-0.05, 0) is 26.0 Å². The van der Waals surface area contributed by atoms with Crippen molar-refractivity contribution in [3.05, 3.63) is 53.7 Å². The maximum absolute atomic E-state index is 5.39. The van der Waals surface area contributed by atoms with E-state index in [1.807, 2.05) is 49.0 Å². The van der Waals surface area contributed by atoms with Gasteiger partial charge in [-0.25, -0.2) is 15.0 Å². The normalized spacial score (nSPS) is 11.1. The Morgan fingerprint density at radius 1 is 1.10 bits per heavy atom. The molecule has 0 spiro atoms. The van der Waals surface area contributed by atoms with Crippen molar-refractivity contribution in [2.45, 2.75) is 13.8 Å². The Labute approximate surface area is 177 Å². The maximum Gasteiger partial charge on any atom is 0.381 e. The summed E-state index contributed by atoms with van der Waals surface area (Å²) >= 11 is 6.73. The number of fused-ring (bicyclic) bond motifs is 1. The van der Waals surface area contributed by atoms with Crippen LogP contribution in [0.4, 0.5) is 0 Å². The van der Waals surface area contributed by atoms with Crippen molar-refractivity contribution in [2.75, 3.05) is 13.2 Å². The Morgan fingerprint density at radius 3 is 2.52 bits per heavy atom. The van der Waals surface area contributed by atoms with Gasteiger partial charge in [0.2, 0.25) is 5.88 Å². The van der Waals surface area contributed by atoms with Gasteiger partial charge in [-0.1, -0.05) is 12.1 Å². The highest BCUT2D eigenvalue weighted by atomic mass is 32.5. The van der Waals surface area contributed by atoms with Gasteiger partial charge in [-0.2, -0.15) is 0 Å². The lowest BCUT2D eigenvalue weighted by Gasteiger charge is -2.19. The predicted octanol–water partition coefficient (Wildman–Crippen LogP) is 4.84. The number of aromatic nitrogens is 5. The Hall–Kier alpha value is -2.23. The van der Waals surface area contributed by atoms with E-state index in [0.29, 0.717) is 19.1 Å². The Balaban J connectivity index is 0.000000166. The summed E-state index contributed by atoms with van der Waals surface area (Å²) in [7, 11) is 0. The van der Waals surface area contributed by atoms with Crippen molar-refractivity contribution in [3.63, 3.8) is 0 Å². The Bertz CT molecular complexity index is 1020. The van der Waals surface area contributed by atoms with E-state index in [0.717, 1.165) is 22.6 Å². The molecule has 1 aromatic carbocycles. The summed E-state index contributed by atoms with van der Waals surface area (Å²) < 4.78 is 16.0. The van der Waals surface area contributed by atoms with Crippen molar-refractivity contribution in [1.82, 2.24) is 24.9 Å². The molecule has 0 bridgehead atoms. The highest BCUT2D eigenvalue weighted by Gasteiger charge is 2.21. The van der Waals surface area contributed by atoms with Gasteiger partial charge in [-0.15, -0.1) is 11.3 Å². The van der Waals surface area contributed by atoms with Crippen LogP contribution < -0.4 is 4.52 Å². The van der Waals surface area contributed by atoms with Gasteiger partial charge < -0.3 is 9.51 Å². The van der Waals surface area contributed by atoms with Gasteiger partial charge >= 0.3 is 6.72 Å². The molecule has 0 saturated heterocycles. The predicted molar refractivity (Wildman–Crippen MR) is 117 cm³/mol. The molecule has 0 aliphatic heterocycles. The van der Waals surface area contributed by atoms with Crippen LogP contribution in [0.1, 0.15) is 13.8 Å². The summed E-state index contributed by atoms with van der Waals surface area (Å²) in [4.78, 5) is 19.7. The third-order valence-electron chi connectivity index (χ3n) is 3.38. The van der Waals surface area contributed by atoms with Crippen molar-refractivity contribution in [1.29, 1.82) is 0 Å². The summed E-state index contributed by atoms with van der Waals surface area (Å²) in [6, 6.07) is 7.97. The minimum Gasteiger partial charge on any atom is -0.404 e. The number of nitrogens with zero attached hydrogens (tertiary/aromatic N) is 4. The lowest BCUT2D eigenvalue weighted by Crippen LogP contribution is -2.03. The Kier molecular flexibility index (Phi) is 7.79. The quantitative estimate of drug-likeness (QED) is 0.401. The molecular formula is C18H20N5O3PS2. The first kappa shape index (κ1) is 21.5. The lowest BCUT2D eigenvalue weighted by atomic mass is 10.3. The van der Waals surface area contributed by atoms with Crippen LogP contribution in [0.3, 0.4) is 0 Å². The van der Waals surface area contributed by atoms with E-state index < -0.39 is 6.72 Å². The number of rotatable bonds is 7. The molecule has 8 nitrogen and oxygen atoms in total. The summed E-state index contributed by atoms with van der Waals surface area (Å²) in [6.07, 6.45) is 4.55. The molecule has 0 saturated carbocycles. The largest absolute Gasteiger partial charge is 0.404 e. The SMILES string of the molecule is CCOP(=S)(OCC)Oc1cnccn1.c1ccc2[nH]c(-c3cscn3)nc2c1. The minimum atomic E-state index is -2.71. The summed E-state index contributed by atoms with van der Waals surface area (Å²) in [5.41, 5.74) is 4.75. The smallest absolute Gasteiger partial charge is 0.381 e. The molecule has 3 aromatic heterocycles. The van der Waals surface area contributed by atoms with Gasteiger partial charge in [0.05, 0.1) is 36.0 Å². The molecule has 0 radical (unpaired) electrons. The van der Waals surface area contributed by atoms with Gasteiger partial charge in [0.1, 0.15) is 5.69 Å². The average Bonchev–Trinajstić information content (AvgIpc) is 3.39. The van der Waals surface area contributed by atoms with E-state index in [1.54, 1.807) is 17.5 Å². The molecule has 11 heteroatoms. The number of hydrogen-bond donors (Lipinski definition) is 1. The standard InChI is InChI=1S/C10H7N3S.C8H13N2O3PS/c1-2-4-8-7(3-1)12-10(13-8)9-5-14-6-11-9;1-3-11-14(15,12-4-2)13-8-7-9-5-6-10-8/h1-6H,(H,12,13);5-7H,3-4H2,1-2H3. The van der Waals surface area contributed by atoms with Crippen LogP contribution in [-0.2, 0) is 20.9 Å². The average molecular weight is 449 g/mol. The zero-order chi connectivity index (χ0) is 20.5. The molecule has 3 heterocycles. The fourth-order valence-electron chi connectivity index (χ4n) is 2.26. The van der Waals surface area contributed by atoms with E-state index in [-0.39, 0.29) is 0 Å². The van der Waals surface area contributed by atoms with Crippen LogP contribution in [0, 0.1) is 0 Å². The van der Waals surface area contributed by atoms with E-state index in [4.69, 9.17) is 25.4 Å². The molecule has 29 heavy (non-hydrogen) atoms. The molecule has 0 aliphatic rings. The molecule has 0 unspecified atom stereocenters. The molecule has 152 valence electrons. The van der Waals surface area contributed by atoms with Crippen molar-refractivity contribution in [2.24, 2.45) is 0 Å². The highest BCUT2D eigenvalue weighted by Crippen LogP contribution is 2.48. The monoisotopic (exact) mass is 449 g/mol. The van der Waals surface area contributed by atoms with Gasteiger partial charge in [0.15, 0.2) is 5.82 Å². The second kappa shape index (κ2) is 10.5. The summed E-state index contributed by atoms with van der Waals surface area (Å²) in [5, 5.41) is 1.98. The molecule has 0 fully saturated rings. The van der Waals surface area contributed by atoms with Crippen LogP contribution >= 0.6 is 18.1 Å². The van der Waals surface area contributed by atoms with Gasteiger partial charge in [-0.3, -0.25) is 14.0 Å². The molecular weight excluding hydrogens is 429 g/mol. The maximum atomic E-state index is 5.39. The Morgan fingerprint density at radius 2 is 1.90 bits per heavy atom. The van der Waals surface area contributed by atoms with E-state index in [2.05, 4.69) is 24.9 Å². The first-order valence-corrected chi connectivity index (χ1v) is 12.3. The molecule has 0 atom stereocenters. The van der Waals surface area contributed by atoms with Crippen molar-refractivity contribution in [3.8, 4) is 17.4 Å². The van der Waals surface area contributed by atoms with E-state index in [1.165, 1.54) is 12.4 Å². The fraction of sp³-hybridized carbons (Fsp3) is 0.222. The number of hydrogen-bond acceptors (Lipinski definition) is 9. The number of nitrogens with one attached hydrogen (secondary N) is 1. The minimum absolute atomic E-state index is 0.322. The van der Waals surface area contributed by atoms with Gasteiger partial charge in [0.25, 0.3) is 0 Å². The number of H-pyrrole nitrogens is 1. The molecule has 0 aliphatic carbocycles. The molecule has 4 aromatic rings. The summed E-state index contributed by atoms with van der Waals surface area (Å²) in [5.74, 6) is 1.16. The second-order valence-electron chi connectivity index (χ2n) is 5.39. The van der Waals surface area contributed by atoms with E-state index in [9.17, 15) is 0 Å². The number of imidazole rings is 1. The topological polar surface area (TPSA) is 95.0 Å². The number of thiazole rings is 1.